The van der Waals surface area contributed by atoms with Gasteiger partial charge in [0.25, 0.3) is 5.91 Å². The van der Waals surface area contributed by atoms with Gasteiger partial charge in [0.05, 0.1) is 0 Å². The van der Waals surface area contributed by atoms with Gasteiger partial charge in [0.2, 0.25) is 5.91 Å². The standard InChI is InChI=1S/C6H8F2N2O2/c7-4(8)6(12)10-2-1-3(10)5(9)11/h3-4H,1-2H2,(H2,9,11). The van der Waals surface area contributed by atoms with E-state index in [2.05, 4.69) is 0 Å². The van der Waals surface area contributed by atoms with E-state index in [0.29, 0.717) is 6.42 Å². The first-order valence-corrected chi connectivity index (χ1v) is 3.42. The minimum Gasteiger partial charge on any atom is -0.368 e. The molecule has 6 heteroatoms. The third-order valence-electron chi connectivity index (χ3n) is 1.82. The predicted molar refractivity (Wildman–Crippen MR) is 35.3 cm³/mol. The Labute approximate surface area is 67.3 Å². The van der Waals surface area contributed by atoms with Crippen molar-refractivity contribution < 1.29 is 18.4 Å². The van der Waals surface area contributed by atoms with Crippen molar-refractivity contribution in [3.63, 3.8) is 0 Å². The maximum atomic E-state index is 11.8. The van der Waals surface area contributed by atoms with Crippen LogP contribution in [-0.2, 0) is 9.59 Å². The van der Waals surface area contributed by atoms with Gasteiger partial charge in [-0.05, 0) is 6.42 Å². The molecule has 2 amide bonds. The first-order chi connectivity index (χ1) is 5.54. The summed E-state index contributed by atoms with van der Waals surface area (Å²) in [7, 11) is 0. The molecule has 0 bridgehead atoms. The quantitative estimate of drug-likeness (QED) is 0.610. The maximum Gasteiger partial charge on any atom is 0.315 e. The van der Waals surface area contributed by atoms with Crippen LogP contribution in [-0.4, -0.2) is 35.7 Å². The molecule has 2 N–H and O–H groups in total. The summed E-state index contributed by atoms with van der Waals surface area (Å²) in [5.74, 6) is -2.04. The number of halogens is 2. The summed E-state index contributed by atoms with van der Waals surface area (Å²) in [6.45, 7) is 0.191. The van der Waals surface area contributed by atoms with Crippen molar-refractivity contribution in [3.05, 3.63) is 0 Å². The van der Waals surface area contributed by atoms with Gasteiger partial charge < -0.3 is 10.6 Å². The summed E-state index contributed by atoms with van der Waals surface area (Å²) in [4.78, 5) is 21.9. The molecule has 12 heavy (non-hydrogen) atoms. The van der Waals surface area contributed by atoms with E-state index in [1.54, 1.807) is 0 Å². The highest BCUT2D eigenvalue weighted by atomic mass is 19.3. The van der Waals surface area contributed by atoms with Crippen LogP contribution in [0.4, 0.5) is 8.78 Å². The highest BCUT2D eigenvalue weighted by Crippen LogP contribution is 2.18. The van der Waals surface area contributed by atoms with Gasteiger partial charge in [-0.1, -0.05) is 0 Å². The Morgan fingerprint density at radius 3 is 2.33 bits per heavy atom. The van der Waals surface area contributed by atoms with Crippen molar-refractivity contribution in [1.82, 2.24) is 4.90 Å². The fourth-order valence-electron chi connectivity index (χ4n) is 1.07. The van der Waals surface area contributed by atoms with Crippen molar-refractivity contribution in [1.29, 1.82) is 0 Å². The fourth-order valence-corrected chi connectivity index (χ4v) is 1.07. The topological polar surface area (TPSA) is 63.4 Å². The number of likely N-dealkylation sites (tertiary alicyclic amines) is 1. The number of primary amides is 1. The van der Waals surface area contributed by atoms with E-state index in [0.717, 1.165) is 4.90 Å². The molecule has 1 fully saturated rings. The monoisotopic (exact) mass is 178 g/mol. The van der Waals surface area contributed by atoms with Crippen LogP contribution < -0.4 is 5.73 Å². The molecule has 0 radical (unpaired) electrons. The molecule has 0 aromatic rings. The minimum absolute atomic E-state index is 0.191. The van der Waals surface area contributed by atoms with E-state index in [-0.39, 0.29) is 6.54 Å². The number of hydrogen-bond acceptors (Lipinski definition) is 2. The number of amides is 2. The zero-order chi connectivity index (χ0) is 9.30. The third kappa shape index (κ3) is 1.37. The molecule has 1 heterocycles. The number of carbonyl (C=O) groups excluding carboxylic acids is 2. The van der Waals surface area contributed by atoms with E-state index >= 15 is 0 Å². The average Bonchev–Trinajstić information content (AvgIpc) is 1.82. The number of nitrogens with two attached hydrogens (primary N) is 1. The Morgan fingerprint density at radius 2 is 2.08 bits per heavy atom. The minimum atomic E-state index is -3.05. The summed E-state index contributed by atoms with van der Waals surface area (Å²) in [5, 5.41) is 0. The lowest BCUT2D eigenvalue weighted by Gasteiger charge is -2.38. The lowest BCUT2D eigenvalue weighted by atomic mass is 10.0. The molecule has 1 saturated heterocycles. The van der Waals surface area contributed by atoms with Gasteiger partial charge in [-0.25, -0.2) is 0 Å². The van der Waals surface area contributed by atoms with Crippen LogP contribution in [0, 0.1) is 0 Å². The Balaban J connectivity index is 2.55. The van der Waals surface area contributed by atoms with Crippen LogP contribution >= 0.6 is 0 Å². The SMILES string of the molecule is NC(=O)C1CCN1C(=O)C(F)F. The van der Waals surface area contributed by atoms with E-state index in [1.165, 1.54) is 0 Å². The van der Waals surface area contributed by atoms with Gasteiger partial charge >= 0.3 is 6.43 Å². The Hall–Kier alpha value is -1.20. The van der Waals surface area contributed by atoms with Gasteiger partial charge in [0.15, 0.2) is 0 Å². The number of carbonyl (C=O) groups is 2. The van der Waals surface area contributed by atoms with Crippen LogP contribution in [0.25, 0.3) is 0 Å². The second-order valence-electron chi connectivity index (χ2n) is 2.54. The molecule has 0 aromatic carbocycles. The molecule has 0 aliphatic carbocycles. The zero-order valence-electron chi connectivity index (χ0n) is 6.17. The zero-order valence-corrected chi connectivity index (χ0v) is 6.17. The summed E-state index contributed by atoms with van der Waals surface area (Å²) < 4.78 is 23.6. The molecule has 1 rings (SSSR count). The summed E-state index contributed by atoms with van der Waals surface area (Å²) in [6, 6.07) is -0.827. The molecule has 1 unspecified atom stereocenters. The lowest BCUT2D eigenvalue weighted by molar-refractivity contribution is -0.155. The van der Waals surface area contributed by atoms with Gasteiger partial charge in [-0.15, -0.1) is 0 Å². The van der Waals surface area contributed by atoms with Crippen molar-refractivity contribution in [2.45, 2.75) is 18.9 Å². The largest absolute Gasteiger partial charge is 0.368 e. The lowest BCUT2D eigenvalue weighted by Crippen LogP contribution is -2.58. The van der Waals surface area contributed by atoms with Crippen LogP contribution in [0.15, 0.2) is 0 Å². The van der Waals surface area contributed by atoms with Crippen LogP contribution in [0.1, 0.15) is 6.42 Å². The Morgan fingerprint density at radius 1 is 1.50 bits per heavy atom. The number of hydrogen-bond donors (Lipinski definition) is 1. The van der Waals surface area contributed by atoms with Crippen molar-refractivity contribution >= 4 is 11.8 Å². The van der Waals surface area contributed by atoms with Crippen molar-refractivity contribution in [2.75, 3.05) is 6.54 Å². The van der Waals surface area contributed by atoms with Gasteiger partial charge in [0.1, 0.15) is 6.04 Å². The van der Waals surface area contributed by atoms with E-state index < -0.39 is 24.3 Å². The molecule has 1 aliphatic heterocycles. The highest BCUT2D eigenvalue weighted by Gasteiger charge is 2.39. The van der Waals surface area contributed by atoms with Gasteiger partial charge in [-0.2, -0.15) is 8.78 Å². The molecular weight excluding hydrogens is 170 g/mol. The molecule has 0 spiro atoms. The Bertz CT molecular complexity index is 220. The predicted octanol–water partition coefficient (Wildman–Crippen LogP) is -0.662. The highest BCUT2D eigenvalue weighted by molar-refractivity contribution is 5.89. The Kier molecular flexibility index (Phi) is 2.25. The molecule has 0 saturated carbocycles. The maximum absolute atomic E-state index is 11.8. The number of rotatable bonds is 2. The summed E-state index contributed by atoms with van der Waals surface area (Å²) in [5.41, 5.74) is 4.85. The van der Waals surface area contributed by atoms with E-state index in [1.807, 2.05) is 0 Å². The van der Waals surface area contributed by atoms with Gasteiger partial charge in [0, 0.05) is 6.54 Å². The van der Waals surface area contributed by atoms with Crippen molar-refractivity contribution in [3.8, 4) is 0 Å². The fraction of sp³-hybridized carbons (Fsp3) is 0.667. The number of alkyl halides is 2. The molecule has 4 nitrogen and oxygen atoms in total. The smallest absolute Gasteiger partial charge is 0.315 e. The van der Waals surface area contributed by atoms with E-state index in [4.69, 9.17) is 5.73 Å². The summed E-state index contributed by atoms with van der Waals surface area (Å²) >= 11 is 0. The second-order valence-corrected chi connectivity index (χ2v) is 2.54. The first kappa shape index (κ1) is 8.89. The van der Waals surface area contributed by atoms with Crippen LogP contribution in [0.5, 0.6) is 0 Å². The molecular formula is C6H8F2N2O2. The average molecular weight is 178 g/mol. The molecule has 68 valence electrons. The summed E-state index contributed by atoms with van der Waals surface area (Å²) in [6.07, 6.45) is -2.67. The normalized spacial score (nSPS) is 22.2. The van der Waals surface area contributed by atoms with Crippen LogP contribution in [0.3, 0.4) is 0 Å². The molecule has 1 atom stereocenters. The number of nitrogens with zero attached hydrogens (tertiary/aromatic N) is 1. The second kappa shape index (κ2) is 3.04. The third-order valence-corrected chi connectivity index (χ3v) is 1.82. The first-order valence-electron chi connectivity index (χ1n) is 3.42. The molecule has 1 aliphatic rings. The molecule has 0 aromatic heterocycles. The van der Waals surface area contributed by atoms with Gasteiger partial charge in [-0.3, -0.25) is 9.59 Å². The van der Waals surface area contributed by atoms with Crippen LogP contribution in [0.2, 0.25) is 0 Å². The van der Waals surface area contributed by atoms with Crippen molar-refractivity contribution in [2.24, 2.45) is 5.73 Å². The van der Waals surface area contributed by atoms with E-state index in [9.17, 15) is 18.4 Å².